The predicted octanol–water partition coefficient (Wildman–Crippen LogP) is 3.37. The van der Waals surface area contributed by atoms with Crippen LogP contribution in [0.25, 0.3) is 0 Å². The van der Waals surface area contributed by atoms with Crippen LogP contribution in [0.5, 0.6) is 0 Å². The van der Waals surface area contributed by atoms with Gasteiger partial charge in [-0.05, 0) is 65.7 Å². The van der Waals surface area contributed by atoms with Gasteiger partial charge in [0.15, 0.2) is 0 Å². The summed E-state index contributed by atoms with van der Waals surface area (Å²) in [6.45, 7) is 0.630. The smallest absolute Gasteiger partial charge is 0.244 e. The van der Waals surface area contributed by atoms with E-state index in [1.165, 1.54) is 6.42 Å². The number of nitrogen functional groups attached to an aromatic ring is 1. The third-order valence-electron chi connectivity index (χ3n) is 4.73. The highest BCUT2D eigenvalue weighted by Crippen LogP contribution is 2.39. The molecule has 2 N–H and O–H groups in total. The second-order valence-electron chi connectivity index (χ2n) is 6.06. The standard InChI is InChI=1S/C15H21BrN2O2S/c16-13-8-7-12(17)10-15(13)21(19,20)18-9-3-5-11-4-1-2-6-14(11)18/h7-8,10-11,14H,1-6,9,17H2. The fourth-order valence-corrected chi connectivity index (χ4v) is 6.44. The van der Waals surface area contributed by atoms with E-state index in [2.05, 4.69) is 15.9 Å². The average Bonchev–Trinajstić information content (AvgIpc) is 2.49. The first-order valence-corrected chi connectivity index (χ1v) is 9.80. The van der Waals surface area contributed by atoms with Gasteiger partial charge in [0, 0.05) is 22.7 Å². The minimum absolute atomic E-state index is 0.172. The minimum atomic E-state index is -3.48. The van der Waals surface area contributed by atoms with Crippen molar-refractivity contribution in [3.05, 3.63) is 22.7 Å². The lowest BCUT2D eigenvalue weighted by Crippen LogP contribution is -2.49. The highest BCUT2D eigenvalue weighted by atomic mass is 79.9. The van der Waals surface area contributed by atoms with E-state index >= 15 is 0 Å². The van der Waals surface area contributed by atoms with Crippen LogP contribution < -0.4 is 5.73 Å². The van der Waals surface area contributed by atoms with Crippen molar-refractivity contribution in [1.29, 1.82) is 0 Å². The number of anilines is 1. The molecule has 2 aliphatic rings. The fourth-order valence-electron chi connectivity index (χ4n) is 3.72. The zero-order valence-corrected chi connectivity index (χ0v) is 14.4. The molecule has 1 aromatic rings. The summed E-state index contributed by atoms with van der Waals surface area (Å²) in [5, 5.41) is 0. The topological polar surface area (TPSA) is 63.4 Å². The Balaban J connectivity index is 1.98. The van der Waals surface area contributed by atoms with Gasteiger partial charge in [-0.2, -0.15) is 4.31 Å². The van der Waals surface area contributed by atoms with E-state index in [0.717, 1.165) is 32.1 Å². The van der Waals surface area contributed by atoms with Crippen LogP contribution in [0.3, 0.4) is 0 Å². The van der Waals surface area contributed by atoms with Crippen LogP contribution in [-0.2, 0) is 10.0 Å². The molecular formula is C15H21BrN2O2S. The molecule has 0 aromatic heterocycles. The molecule has 1 saturated carbocycles. The normalized spacial score (nSPS) is 27.3. The van der Waals surface area contributed by atoms with Crippen LogP contribution in [-0.4, -0.2) is 25.3 Å². The van der Waals surface area contributed by atoms with Gasteiger partial charge in [-0.15, -0.1) is 0 Å². The average molecular weight is 373 g/mol. The third kappa shape index (κ3) is 2.85. The van der Waals surface area contributed by atoms with Gasteiger partial charge in [0.05, 0.1) is 4.90 Å². The first-order valence-electron chi connectivity index (χ1n) is 7.57. The van der Waals surface area contributed by atoms with Crippen LogP contribution in [0.1, 0.15) is 38.5 Å². The zero-order chi connectivity index (χ0) is 15.0. The molecule has 116 valence electrons. The Morgan fingerprint density at radius 3 is 2.67 bits per heavy atom. The lowest BCUT2D eigenvalue weighted by atomic mass is 9.79. The summed E-state index contributed by atoms with van der Waals surface area (Å²) in [5.74, 6) is 0.530. The van der Waals surface area contributed by atoms with Crippen molar-refractivity contribution in [2.75, 3.05) is 12.3 Å². The maximum atomic E-state index is 13.1. The van der Waals surface area contributed by atoms with E-state index in [1.54, 1.807) is 22.5 Å². The van der Waals surface area contributed by atoms with Crippen LogP contribution in [0.2, 0.25) is 0 Å². The summed E-state index contributed by atoms with van der Waals surface area (Å²) >= 11 is 3.36. The van der Waals surface area contributed by atoms with Gasteiger partial charge < -0.3 is 5.73 Å². The van der Waals surface area contributed by atoms with Crippen LogP contribution >= 0.6 is 15.9 Å². The first kappa shape index (κ1) is 15.3. The summed E-state index contributed by atoms with van der Waals surface area (Å²) in [6.07, 6.45) is 6.63. The van der Waals surface area contributed by atoms with E-state index in [9.17, 15) is 8.42 Å². The molecule has 1 heterocycles. The van der Waals surface area contributed by atoms with Crippen molar-refractivity contribution in [2.24, 2.45) is 5.92 Å². The van der Waals surface area contributed by atoms with Gasteiger partial charge in [-0.3, -0.25) is 0 Å². The maximum absolute atomic E-state index is 13.1. The molecule has 1 aliphatic carbocycles. The minimum Gasteiger partial charge on any atom is -0.399 e. The molecule has 0 bridgehead atoms. The van der Waals surface area contributed by atoms with Crippen LogP contribution in [0.15, 0.2) is 27.6 Å². The van der Waals surface area contributed by atoms with Crippen molar-refractivity contribution in [3.63, 3.8) is 0 Å². The van der Waals surface area contributed by atoms with E-state index in [4.69, 9.17) is 5.73 Å². The Bertz CT molecular complexity index is 631. The Morgan fingerprint density at radius 2 is 1.86 bits per heavy atom. The second-order valence-corrected chi connectivity index (χ2v) is 8.77. The van der Waals surface area contributed by atoms with Gasteiger partial charge >= 0.3 is 0 Å². The summed E-state index contributed by atoms with van der Waals surface area (Å²) in [7, 11) is -3.48. The van der Waals surface area contributed by atoms with Gasteiger partial charge in [0.25, 0.3) is 0 Å². The molecule has 0 radical (unpaired) electrons. The van der Waals surface area contributed by atoms with E-state index < -0.39 is 10.0 Å². The monoisotopic (exact) mass is 372 g/mol. The molecule has 2 fully saturated rings. The molecule has 2 atom stereocenters. The number of nitrogens with two attached hydrogens (primary N) is 1. The maximum Gasteiger partial charge on any atom is 0.244 e. The highest BCUT2D eigenvalue weighted by molar-refractivity contribution is 9.10. The summed E-state index contributed by atoms with van der Waals surface area (Å²) in [5.41, 5.74) is 6.26. The Labute approximate surface area is 134 Å². The number of benzene rings is 1. The largest absolute Gasteiger partial charge is 0.399 e. The Morgan fingerprint density at radius 1 is 1.14 bits per heavy atom. The summed E-state index contributed by atoms with van der Waals surface area (Å²) < 4.78 is 28.4. The molecule has 1 aliphatic heterocycles. The first-order chi connectivity index (χ1) is 10.00. The SMILES string of the molecule is Nc1ccc(Br)c(S(=O)(=O)N2CCCC3CCCCC32)c1. The lowest BCUT2D eigenvalue weighted by molar-refractivity contribution is 0.129. The second kappa shape index (κ2) is 5.89. The molecule has 0 amide bonds. The molecule has 3 rings (SSSR count). The van der Waals surface area contributed by atoms with Crippen LogP contribution in [0, 0.1) is 5.92 Å². The molecule has 21 heavy (non-hydrogen) atoms. The molecule has 0 spiro atoms. The van der Waals surface area contributed by atoms with Crippen molar-refractivity contribution in [1.82, 2.24) is 4.31 Å². The van der Waals surface area contributed by atoms with Gasteiger partial charge in [-0.1, -0.05) is 12.8 Å². The van der Waals surface area contributed by atoms with Crippen molar-refractivity contribution < 1.29 is 8.42 Å². The number of hydrogen-bond donors (Lipinski definition) is 1. The lowest BCUT2D eigenvalue weighted by Gasteiger charge is -2.43. The van der Waals surface area contributed by atoms with Crippen molar-refractivity contribution in [2.45, 2.75) is 49.5 Å². The Hall–Kier alpha value is -0.590. The van der Waals surface area contributed by atoms with Crippen molar-refractivity contribution >= 4 is 31.6 Å². The van der Waals surface area contributed by atoms with E-state index in [0.29, 0.717) is 27.5 Å². The highest BCUT2D eigenvalue weighted by Gasteiger charge is 2.40. The summed E-state index contributed by atoms with van der Waals surface area (Å²) in [4.78, 5) is 0.300. The van der Waals surface area contributed by atoms with Crippen molar-refractivity contribution in [3.8, 4) is 0 Å². The molecule has 4 nitrogen and oxygen atoms in total. The molecule has 6 heteroatoms. The number of fused-ring (bicyclic) bond motifs is 1. The fraction of sp³-hybridized carbons (Fsp3) is 0.600. The van der Waals surface area contributed by atoms with E-state index in [-0.39, 0.29) is 6.04 Å². The number of nitrogens with zero attached hydrogens (tertiary/aromatic N) is 1. The molecule has 1 saturated heterocycles. The molecule has 1 aromatic carbocycles. The van der Waals surface area contributed by atoms with Crippen LogP contribution in [0.4, 0.5) is 5.69 Å². The zero-order valence-electron chi connectivity index (χ0n) is 12.0. The number of sulfonamides is 1. The predicted molar refractivity (Wildman–Crippen MR) is 87.4 cm³/mol. The number of halogens is 1. The van der Waals surface area contributed by atoms with Gasteiger partial charge in [0.2, 0.25) is 10.0 Å². The quantitative estimate of drug-likeness (QED) is 0.809. The third-order valence-corrected chi connectivity index (χ3v) is 7.65. The summed E-state index contributed by atoms with van der Waals surface area (Å²) in [6, 6.07) is 5.16. The molecular weight excluding hydrogens is 352 g/mol. The van der Waals surface area contributed by atoms with E-state index in [1.807, 2.05) is 0 Å². The number of piperidine rings is 1. The number of rotatable bonds is 2. The van der Waals surface area contributed by atoms with Gasteiger partial charge in [-0.25, -0.2) is 8.42 Å². The Kier molecular flexibility index (Phi) is 4.30. The van der Waals surface area contributed by atoms with Gasteiger partial charge in [0.1, 0.15) is 0 Å². The number of hydrogen-bond acceptors (Lipinski definition) is 3. The molecule has 2 unspecified atom stereocenters.